The maximum absolute atomic E-state index is 5.97. The molecule has 0 aliphatic heterocycles. The van der Waals surface area contributed by atoms with E-state index < -0.39 is 0 Å². The van der Waals surface area contributed by atoms with Gasteiger partial charge in [-0.15, -0.1) is 0 Å². The van der Waals surface area contributed by atoms with Gasteiger partial charge in [0.25, 0.3) is 0 Å². The molecule has 0 aliphatic carbocycles. The Kier molecular flexibility index (Phi) is 3.90. The summed E-state index contributed by atoms with van der Waals surface area (Å²) in [6, 6.07) is 6.21. The maximum atomic E-state index is 5.97. The van der Waals surface area contributed by atoms with E-state index in [0.29, 0.717) is 6.54 Å². The molecule has 1 atom stereocenters. The molecular formula is C10H15BrN2. The zero-order chi connectivity index (χ0) is 9.84. The highest BCUT2D eigenvalue weighted by Crippen LogP contribution is 2.22. The Morgan fingerprint density at radius 3 is 2.77 bits per heavy atom. The molecule has 2 nitrogen and oxygen atoms in total. The maximum Gasteiger partial charge on any atom is 0.0309 e. The van der Waals surface area contributed by atoms with Gasteiger partial charge in [0.15, 0.2) is 0 Å². The fourth-order valence-corrected chi connectivity index (χ4v) is 1.72. The molecule has 0 radical (unpaired) electrons. The van der Waals surface area contributed by atoms with Gasteiger partial charge < -0.3 is 11.5 Å². The lowest BCUT2D eigenvalue weighted by atomic mass is 10.00. The monoisotopic (exact) mass is 242 g/mol. The van der Waals surface area contributed by atoms with Crippen LogP contribution in [0.4, 0.5) is 0 Å². The Morgan fingerprint density at radius 2 is 2.15 bits per heavy atom. The van der Waals surface area contributed by atoms with Crippen LogP contribution in [0, 0.1) is 6.92 Å². The van der Waals surface area contributed by atoms with E-state index in [-0.39, 0.29) is 6.04 Å². The molecule has 3 heteroatoms. The van der Waals surface area contributed by atoms with Crippen LogP contribution in [0.2, 0.25) is 0 Å². The van der Waals surface area contributed by atoms with Crippen LogP contribution >= 0.6 is 15.9 Å². The van der Waals surface area contributed by atoms with Crippen LogP contribution in [0.3, 0.4) is 0 Å². The second-order valence-electron chi connectivity index (χ2n) is 3.18. The molecular weight excluding hydrogens is 228 g/mol. The highest BCUT2D eigenvalue weighted by atomic mass is 79.9. The summed E-state index contributed by atoms with van der Waals surface area (Å²) in [4.78, 5) is 0. The van der Waals surface area contributed by atoms with Gasteiger partial charge >= 0.3 is 0 Å². The smallest absolute Gasteiger partial charge is 0.0309 e. The first-order valence-electron chi connectivity index (χ1n) is 4.37. The Labute approximate surface area is 87.4 Å². The summed E-state index contributed by atoms with van der Waals surface area (Å²) < 4.78 is 1.07. The fourth-order valence-electron chi connectivity index (χ4n) is 1.35. The quantitative estimate of drug-likeness (QED) is 0.854. The Hall–Kier alpha value is -0.380. The average Bonchev–Trinajstić information content (AvgIpc) is 2.09. The molecule has 0 bridgehead atoms. The second-order valence-corrected chi connectivity index (χ2v) is 4.10. The summed E-state index contributed by atoms with van der Waals surface area (Å²) in [6.45, 7) is 2.70. The summed E-state index contributed by atoms with van der Waals surface area (Å²) in [7, 11) is 0. The lowest BCUT2D eigenvalue weighted by Gasteiger charge is -2.13. The van der Waals surface area contributed by atoms with Crippen LogP contribution in [-0.4, -0.2) is 6.54 Å². The van der Waals surface area contributed by atoms with Crippen molar-refractivity contribution in [3.05, 3.63) is 33.8 Å². The van der Waals surface area contributed by atoms with Gasteiger partial charge in [-0.25, -0.2) is 0 Å². The van der Waals surface area contributed by atoms with Gasteiger partial charge in [0.1, 0.15) is 0 Å². The van der Waals surface area contributed by atoms with Crippen molar-refractivity contribution in [2.45, 2.75) is 19.4 Å². The van der Waals surface area contributed by atoms with Gasteiger partial charge in [-0.05, 0) is 43.1 Å². The summed E-state index contributed by atoms with van der Waals surface area (Å²) in [5, 5.41) is 0. The zero-order valence-corrected chi connectivity index (χ0v) is 9.34. The predicted octanol–water partition coefficient (Wildman–Crippen LogP) is 2.11. The molecule has 1 aromatic rings. The van der Waals surface area contributed by atoms with Crippen molar-refractivity contribution < 1.29 is 0 Å². The van der Waals surface area contributed by atoms with Crippen molar-refractivity contribution >= 4 is 15.9 Å². The number of hydrogen-bond acceptors (Lipinski definition) is 2. The lowest BCUT2D eigenvalue weighted by Crippen LogP contribution is -2.16. The van der Waals surface area contributed by atoms with E-state index in [1.807, 2.05) is 6.07 Å². The third-order valence-electron chi connectivity index (χ3n) is 2.12. The summed E-state index contributed by atoms with van der Waals surface area (Å²) in [6.07, 6.45) is 0.831. The number of benzene rings is 1. The number of aryl methyl sites for hydroxylation is 1. The molecule has 0 amide bonds. The van der Waals surface area contributed by atoms with Crippen molar-refractivity contribution in [1.82, 2.24) is 0 Å². The van der Waals surface area contributed by atoms with Gasteiger partial charge in [0.05, 0.1) is 0 Å². The number of rotatable bonds is 3. The van der Waals surface area contributed by atoms with Crippen molar-refractivity contribution in [3.63, 3.8) is 0 Å². The van der Waals surface area contributed by atoms with E-state index >= 15 is 0 Å². The van der Waals surface area contributed by atoms with Crippen LogP contribution in [0.1, 0.15) is 23.6 Å². The number of hydrogen-bond donors (Lipinski definition) is 2. The molecule has 13 heavy (non-hydrogen) atoms. The van der Waals surface area contributed by atoms with Gasteiger partial charge in [0, 0.05) is 10.5 Å². The molecule has 0 saturated heterocycles. The first kappa shape index (κ1) is 10.7. The minimum Gasteiger partial charge on any atom is -0.330 e. The second kappa shape index (κ2) is 4.74. The first-order valence-corrected chi connectivity index (χ1v) is 5.16. The molecule has 72 valence electrons. The van der Waals surface area contributed by atoms with E-state index in [1.165, 1.54) is 11.1 Å². The molecule has 1 aromatic carbocycles. The summed E-state index contributed by atoms with van der Waals surface area (Å²) >= 11 is 3.43. The molecule has 1 unspecified atom stereocenters. The molecule has 0 aliphatic rings. The molecule has 0 saturated carbocycles. The van der Waals surface area contributed by atoms with Gasteiger partial charge in [-0.3, -0.25) is 0 Å². The van der Waals surface area contributed by atoms with E-state index in [4.69, 9.17) is 11.5 Å². The van der Waals surface area contributed by atoms with Gasteiger partial charge in [-0.1, -0.05) is 22.0 Å². The normalized spacial score (nSPS) is 12.9. The van der Waals surface area contributed by atoms with E-state index in [1.54, 1.807) is 0 Å². The molecule has 4 N–H and O–H groups in total. The number of nitrogens with two attached hydrogens (primary N) is 2. The van der Waals surface area contributed by atoms with Gasteiger partial charge in [0.2, 0.25) is 0 Å². The Bertz CT molecular complexity index is 286. The molecule has 0 spiro atoms. The van der Waals surface area contributed by atoms with E-state index in [9.17, 15) is 0 Å². The summed E-state index contributed by atoms with van der Waals surface area (Å²) in [5.41, 5.74) is 13.8. The van der Waals surface area contributed by atoms with Crippen molar-refractivity contribution in [1.29, 1.82) is 0 Å². The average molecular weight is 243 g/mol. The van der Waals surface area contributed by atoms with Crippen molar-refractivity contribution in [2.75, 3.05) is 6.54 Å². The van der Waals surface area contributed by atoms with Crippen LogP contribution < -0.4 is 11.5 Å². The minimum atomic E-state index is 0.0579. The zero-order valence-electron chi connectivity index (χ0n) is 7.76. The van der Waals surface area contributed by atoms with E-state index in [2.05, 4.69) is 35.0 Å². The standard InChI is InChI=1S/C10H15BrN2/c1-7-2-3-8(11)6-9(7)10(13)4-5-12/h2-3,6,10H,4-5,12-13H2,1H3. The first-order chi connectivity index (χ1) is 6.15. The molecule has 0 fully saturated rings. The topological polar surface area (TPSA) is 52.0 Å². The van der Waals surface area contributed by atoms with Crippen LogP contribution in [0.15, 0.2) is 22.7 Å². The SMILES string of the molecule is Cc1ccc(Br)cc1C(N)CCN. The summed E-state index contributed by atoms with van der Waals surface area (Å²) in [5.74, 6) is 0. The highest BCUT2D eigenvalue weighted by molar-refractivity contribution is 9.10. The number of halogens is 1. The third-order valence-corrected chi connectivity index (χ3v) is 2.61. The predicted molar refractivity (Wildman–Crippen MR) is 59.5 cm³/mol. The Morgan fingerprint density at radius 1 is 1.46 bits per heavy atom. The minimum absolute atomic E-state index is 0.0579. The van der Waals surface area contributed by atoms with Crippen molar-refractivity contribution in [2.24, 2.45) is 11.5 Å². The molecule has 0 aromatic heterocycles. The fraction of sp³-hybridized carbons (Fsp3) is 0.400. The van der Waals surface area contributed by atoms with Gasteiger partial charge in [-0.2, -0.15) is 0 Å². The van der Waals surface area contributed by atoms with Crippen LogP contribution in [0.5, 0.6) is 0 Å². The van der Waals surface area contributed by atoms with Crippen molar-refractivity contribution in [3.8, 4) is 0 Å². The molecule has 1 rings (SSSR count). The van der Waals surface area contributed by atoms with Crippen LogP contribution in [0.25, 0.3) is 0 Å². The third kappa shape index (κ3) is 2.79. The highest BCUT2D eigenvalue weighted by Gasteiger charge is 2.07. The van der Waals surface area contributed by atoms with E-state index in [0.717, 1.165) is 10.9 Å². The Balaban J connectivity index is 2.91. The van der Waals surface area contributed by atoms with Crippen LogP contribution in [-0.2, 0) is 0 Å². The lowest BCUT2D eigenvalue weighted by molar-refractivity contribution is 0.657. The largest absolute Gasteiger partial charge is 0.330 e. The molecule has 0 heterocycles.